The van der Waals surface area contributed by atoms with E-state index in [1.54, 1.807) is 30.3 Å². The van der Waals surface area contributed by atoms with Gasteiger partial charge in [-0.15, -0.1) is 0 Å². The van der Waals surface area contributed by atoms with Gasteiger partial charge in [0.1, 0.15) is 13.2 Å². The van der Waals surface area contributed by atoms with Crippen LogP contribution in [0.1, 0.15) is 10.4 Å². The van der Waals surface area contributed by atoms with Crippen LogP contribution >= 0.6 is 0 Å². The molecule has 0 radical (unpaired) electrons. The number of carbonyl (C=O) groups is 2. The van der Waals surface area contributed by atoms with Crippen LogP contribution in [0.4, 0.5) is 4.79 Å². The van der Waals surface area contributed by atoms with E-state index >= 15 is 0 Å². The van der Waals surface area contributed by atoms with E-state index < -0.39 is 12.1 Å². The fourth-order valence-electron chi connectivity index (χ4n) is 0.921. The van der Waals surface area contributed by atoms with Crippen molar-refractivity contribution in [3.63, 3.8) is 0 Å². The highest BCUT2D eigenvalue weighted by Crippen LogP contribution is 2.00. The highest BCUT2D eigenvalue weighted by Gasteiger charge is 2.05. The summed E-state index contributed by atoms with van der Waals surface area (Å²) in [6, 6.07) is 8.43. The first-order chi connectivity index (χ1) is 7.20. The zero-order chi connectivity index (χ0) is 11.1. The molecule has 0 spiro atoms. The Kier molecular flexibility index (Phi) is 4.15. The van der Waals surface area contributed by atoms with E-state index in [0.29, 0.717) is 5.56 Å². The Morgan fingerprint density at radius 3 is 2.27 bits per heavy atom. The summed E-state index contributed by atoms with van der Waals surface area (Å²) in [7, 11) is 0. The normalized spacial score (nSPS) is 9.33. The van der Waals surface area contributed by atoms with Crippen LogP contribution in [-0.2, 0) is 9.47 Å². The third kappa shape index (κ3) is 4.12. The number of carboxylic acid groups (broad SMARTS) is 1. The molecule has 0 fully saturated rings. The topological polar surface area (TPSA) is 72.8 Å². The molecule has 5 heteroatoms. The van der Waals surface area contributed by atoms with Gasteiger partial charge in [-0.2, -0.15) is 0 Å². The van der Waals surface area contributed by atoms with E-state index in [4.69, 9.17) is 9.84 Å². The van der Waals surface area contributed by atoms with Gasteiger partial charge < -0.3 is 14.6 Å². The molecule has 0 saturated heterocycles. The standard InChI is InChI=1S/C10H10O5/c11-9(8-4-2-1-3-5-8)14-6-7-15-10(12)13/h1-5H,6-7H2,(H,12,13). The zero-order valence-electron chi connectivity index (χ0n) is 7.88. The Morgan fingerprint density at radius 2 is 1.67 bits per heavy atom. The fraction of sp³-hybridized carbons (Fsp3) is 0.200. The van der Waals surface area contributed by atoms with Gasteiger partial charge in [0, 0.05) is 0 Å². The molecule has 1 aromatic carbocycles. The van der Waals surface area contributed by atoms with Crippen LogP contribution in [0.15, 0.2) is 30.3 Å². The molecule has 80 valence electrons. The number of rotatable bonds is 4. The molecule has 0 aliphatic rings. The Bertz CT molecular complexity index is 333. The molecule has 0 saturated carbocycles. The van der Waals surface area contributed by atoms with Crippen LogP contribution in [0.5, 0.6) is 0 Å². The van der Waals surface area contributed by atoms with E-state index in [-0.39, 0.29) is 13.2 Å². The minimum atomic E-state index is -1.38. The van der Waals surface area contributed by atoms with Crippen molar-refractivity contribution in [2.45, 2.75) is 0 Å². The fourth-order valence-corrected chi connectivity index (χ4v) is 0.921. The molecule has 5 nitrogen and oxygen atoms in total. The van der Waals surface area contributed by atoms with Gasteiger partial charge >= 0.3 is 12.1 Å². The van der Waals surface area contributed by atoms with Crippen LogP contribution in [0, 0.1) is 0 Å². The Labute approximate surface area is 86.2 Å². The SMILES string of the molecule is O=C(O)OCCOC(=O)c1ccccc1. The van der Waals surface area contributed by atoms with E-state index in [9.17, 15) is 9.59 Å². The predicted molar refractivity (Wildman–Crippen MR) is 50.7 cm³/mol. The largest absolute Gasteiger partial charge is 0.505 e. The van der Waals surface area contributed by atoms with Gasteiger partial charge in [0.05, 0.1) is 5.56 Å². The van der Waals surface area contributed by atoms with Crippen molar-refractivity contribution >= 4 is 12.1 Å². The molecule has 0 heterocycles. The van der Waals surface area contributed by atoms with Gasteiger partial charge in [0.15, 0.2) is 0 Å². The molecule has 0 unspecified atom stereocenters. The van der Waals surface area contributed by atoms with E-state index in [0.717, 1.165) is 0 Å². The smallest absolute Gasteiger partial charge is 0.458 e. The second-order valence-electron chi connectivity index (χ2n) is 2.62. The van der Waals surface area contributed by atoms with Gasteiger partial charge in [-0.05, 0) is 12.1 Å². The summed E-state index contributed by atoms with van der Waals surface area (Å²) >= 11 is 0. The summed E-state index contributed by atoms with van der Waals surface area (Å²) in [6.07, 6.45) is -1.38. The Hall–Kier alpha value is -2.04. The second kappa shape index (κ2) is 5.64. The lowest BCUT2D eigenvalue weighted by Gasteiger charge is -2.03. The molecule has 0 aliphatic heterocycles. The summed E-state index contributed by atoms with van der Waals surface area (Å²) in [5.41, 5.74) is 0.424. The molecule has 0 bridgehead atoms. The van der Waals surface area contributed by atoms with Gasteiger partial charge in [-0.3, -0.25) is 0 Å². The van der Waals surface area contributed by atoms with Gasteiger partial charge in [-0.1, -0.05) is 18.2 Å². The number of ether oxygens (including phenoxy) is 2. The first kappa shape index (κ1) is 11.0. The van der Waals surface area contributed by atoms with Gasteiger partial charge in [0.2, 0.25) is 0 Å². The number of esters is 1. The average Bonchev–Trinajstić information content (AvgIpc) is 2.25. The molecule has 1 rings (SSSR count). The highest BCUT2D eigenvalue weighted by molar-refractivity contribution is 5.89. The molecule has 0 aliphatic carbocycles. The van der Waals surface area contributed by atoms with E-state index in [2.05, 4.69) is 4.74 Å². The quantitative estimate of drug-likeness (QED) is 0.602. The monoisotopic (exact) mass is 210 g/mol. The molecule has 0 aromatic heterocycles. The molecular weight excluding hydrogens is 200 g/mol. The minimum Gasteiger partial charge on any atom is -0.458 e. The lowest BCUT2D eigenvalue weighted by atomic mass is 10.2. The third-order valence-corrected chi connectivity index (χ3v) is 1.55. The summed E-state index contributed by atoms with van der Waals surface area (Å²) < 4.78 is 8.92. The van der Waals surface area contributed by atoms with Crippen molar-refractivity contribution in [1.82, 2.24) is 0 Å². The Balaban J connectivity index is 2.28. The number of benzene rings is 1. The summed E-state index contributed by atoms with van der Waals surface area (Å²) in [6.45, 7) is -0.242. The molecule has 0 amide bonds. The van der Waals surface area contributed by atoms with E-state index in [1.165, 1.54) is 0 Å². The van der Waals surface area contributed by atoms with Crippen molar-refractivity contribution in [2.75, 3.05) is 13.2 Å². The third-order valence-electron chi connectivity index (χ3n) is 1.55. The maximum absolute atomic E-state index is 11.3. The van der Waals surface area contributed by atoms with Crippen molar-refractivity contribution < 1.29 is 24.2 Å². The lowest BCUT2D eigenvalue weighted by molar-refractivity contribution is 0.0329. The first-order valence-electron chi connectivity index (χ1n) is 4.28. The predicted octanol–water partition coefficient (Wildman–Crippen LogP) is 1.54. The zero-order valence-corrected chi connectivity index (χ0v) is 7.88. The van der Waals surface area contributed by atoms with Crippen molar-refractivity contribution in [3.8, 4) is 0 Å². The van der Waals surface area contributed by atoms with Gasteiger partial charge in [0.25, 0.3) is 0 Å². The van der Waals surface area contributed by atoms with Crippen molar-refractivity contribution in [1.29, 1.82) is 0 Å². The van der Waals surface area contributed by atoms with Crippen molar-refractivity contribution in [2.24, 2.45) is 0 Å². The molecule has 1 N–H and O–H groups in total. The van der Waals surface area contributed by atoms with Crippen LogP contribution < -0.4 is 0 Å². The minimum absolute atomic E-state index is 0.0833. The summed E-state index contributed by atoms with van der Waals surface area (Å²) in [5, 5.41) is 8.13. The van der Waals surface area contributed by atoms with Gasteiger partial charge in [-0.25, -0.2) is 9.59 Å². The maximum atomic E-state index is 11.3. The van der Waals surface area contributed by atoms with Crippen LogP contribution in [0.25, 0.3) is 0 Å². The molecule has 15 heavy (non-hydrogen) atoms. The summed E-state index contributed by atoms with van der Waals surface area (Å²) in [4.78, 5) is 21.2. The number of carbonyl (C=O) groups excluding carboxylic acids is 1. The summed E-state index contributed by atoms with van der Waals surface area (Å²) in [5.74, 6) is -0.496. The highest BCUT2D eigenvalue weighted by atomic mass is 16.7. The van der Waals surface area contributed by atoms with Crippen LogP contribution in [0.3, 0.4) is 0 Å². The molecule has 1 aromatic rings. The van der Waals surface area contributed by atoms with Crippen molar-refractivity contribution in [3.05, 3.63) is 35.9 Å². The van der Waals surface area contributed by atoms with Crippen LogP contribution in [-0.4, -0.2) is 30.4 Å². The molecule has 0 atom stereocenters. The number of hydrogen-bond donors (Lipinski definition) is 1. The average molecular weight is 210 g/mol. The second-order valence-corrected chi connectivity index (χ2v) is 2.62. The van der Waals surface area contributed by atoms with Crippen LogP contribution in [0.2, 0.25) is 0 Å². The maximum Gasteiger partial charge on any atom is 0.505 e. The van der Waals surface area contributed by atoms with E-state index in [1.807, 2.05) is 0 Å². The molecular formula is C10H10O5. The Morgan fingerprint density at radius 1 is 1.07 bits per heavy atom. The number of hydrogen-bond acceptors (Lipinski definition) is 4. The lowest BCUT2D eigenvalue weighted by Crippen LogP contribution is -2.12. The first-order valence-corrected chi connectivity index (χ1v) is 4.28.